The van der Waals surface area contributed by atoms with E-state index in [1.165, 1.54) is 16.5 Å². The van der Waals surface area contributed by atoms with Gasteiger partial charge in [-0.25, -0.2) is 0 Å². The van der Waals surface area contributed by atoms with Crippen LogP contribution in [0.5, 0.6) is 0 Å². The largest absolute Gasteiger partial charge is 0.416 e. The van der Waals surface area contributed by atoms with E-state index in [1.807, 2.05) is 18.2 Å². The molecule has 1 aliphatic heterocycles. The van der Waals surface area contributed by atoms with E-state index in [4.69, 9.17) is 0 Å². The van der Waals surface area contributed by atoms with Gasteiger partial charge in [-0.1, -0.05) is 19.1 Å². The Morgan fingerprint density at radius 1 is 1.16 bits per heavy atom. The minimum Gasteiger partial charge on any atom is -0.307 e. The van der Waals surface area contributed by atoms with Gasteiger partial charge in [0.25, 0.3) is 5.91 Å². The summed E-state index contributed by atoms with van der Waals surface area (Å²) >= 11 is 0. The molecule has 2 aliphatic carbocycles. The average Bonchev–Trinajstić information content (AvgIpc) is 3.04. The molecule has 0 unspecified atom stereocenters. The summed E-state index contributed by atoms with van der Waals surface area (Å²) in [6.07, 6.45) is 0.907. The van der Waals surface area contributed by atoms with Crippen LogP contribution in [-0.4, -0.2) is 11.4 Å². The molecule has 0 bridgehead atoms. The van der Waals surface area contributed by atoms with Crippen molar-refractivity contribution in [2.75, 3.05) is 4.90 Å². The van der Waals surface area contributed by atoms with E-state index in [1.54, 1.807) is 6.07 Å². The topological polar surface area (TPSA) is 32.3 Å². The van der Waals surface area contributed by atoms with Gasteiger partial charge in [0.1, 0.15) is 0 Å². The number of fused-ring (bicyclic) bond motifs is 1. The number of benzene rings is 2. The van der Waals surface area contributed by atoms with E-state index < -0.39 is 11.7 Å². The van der Waals surface area contributed by atoms with Crippen molar-refractivity contribution in [1.29, 1.82) is 0 Å². The maximum Gasteiger partial charge on any atom is 0.416 e. The smallest absolute Gasteiger partial charge is 0.307 e. The van der Waals surface area contributed by atoms with Crippen LogP contribution in [0.3, 0.4) is 0 Å². The number of amides is 1. The number of halogens is 3. The fourth-order valence-electron chi connectivity index (χ4n) is 5.35. The van der Waals surface area contributed by atoms with Crippen LogP contribution in [0.4, 0.5) is 18.9 Å². The molecule has 32 heavy (non-hydrogen) atoms. The number of alkyl halides is 3. The van der Waals surface area contributed by atoms with Gasteiger partial charge in [-0.2, -0.15) is 13.2 Å². The van der Waals surface area contributed by atoms with Crippen LogP contribution in [0.25, 0.3) is 0 Å². The lowest BCUT2D eigenvalue weighted by atomic mass is 9.72. The van der Waals surface area contributed by atoms with Gasteiger partial charge in [0.15, 0.2) is 0 Å². The zero-order chi connectivity index (χ0) is 22.7. The standard InChI is InChI=1S/C26H29F3N2O/c1-16-9-19(10-16)18-5-3-6-20(13-18)31-15-22-21(24(31)32)11-17(12-23(22)26(27,28)29)14-30-25(2)7-4-8-25/h3,5-6,11-13,16,19,30H,4,7-10,14-15H2,1-2H3/t16-,19+. The van der Waals surface area contributed by atoms with Crippen molar-refractivity contribution in [3.05, 3.63) is 64.2 Å². The SMILES string of the molecule is CC1(NCc2cc3c(c(C(F)(F)F)c2)CN(c2cccc([C@H]4C[C@@H](C)C4)c2)C3=O)CCC1. The Balaban J connectivity index is 1.45. The van der Waals surface area contributed by atoms with Crippen LogP contribution in [0.15, 0.2) is 36.4 Å². The molecular weight excluding hydrogens is 413 g/mol. The number of carbonyl (C=O) groups is 1. The first-order valence-electron chi connectivity index (χ1n) is 11.5. The predicted molar refractivity (Wildman–Crippen MR) is 119 cm³/mol. The quantitative estimate of drug-likeness (QED) is 0.580. The van der Waals surface area contributed by atoms with Gasteiger partial charge in [-0.05, 0) is 91.8 Å². The first-order valence-corrected chi connectivity index (χ1v) is 11.5. The molecule has 2 fully saturated rings. The molecule has 1 heterocycles. The second-order valence-electron chi connectivity index (χ2n) is 10.2. The first kappa shape index (κ1) is 21.5. The van der Waals surface area contributed by atoms with Crippen LogP contribution in [0.2, 0.25) is 0 Å². The molecule has 2 aromatic carbocycles. The van der Waals surface area contributed by atoms with Crippen molar-refractivity contribution in [3.63, 3.8) is 0 Å². The number of nitrogens with one attached hydrogen (secondary N) is 1. The maximum absolute atomic E-state index is 13.9. The number of carbonyl (C=O) groups excluding carboxylic acids is 1. The molecule has 0 spiro atoms. The summed E-state index contributed by atoms with van der Waals surface area (Å²) in [7, 11) is 0. The van der Waals surface area contributed by atoms with Crippen molar-refractivity contribution in [3.8, 4) is 0 Å². The van der Waals surface area contributed by atoms with Crippen molar-refractivity contribution in [2.24, 2.45) is 5.92 Å². The normalized spacial score (nSPS) is 24.2. The van der Waals surface area contributed by atoms with Gasteiger partial charge < -0.3 is 10.2 Å². The summed E-state index contributed by atoms with van der Waals surface area (Å²) in [4.78, 5) is 14.7. The van der Waals surface area contributed by atoms with E-state index in [-0.39, 0.29) is 29.1 Å². The van der Waals surface area contributed by atoms with Crippen LogP contribution < -0.4 is 10.2 Å². The highest BCUT2D eigenvalue weighted by Gasteiger charge is 2.41. The zero-order valence-electron chi connectivity index (χ0n) is 18.6. The molecule has 0 atom stereocenters. The molecule has 5 rings (SSSR count). The van der Waals surface area contributed by atoms with Gasteiger partial charge in [-0.15, -0.1) is 0 Å². The van der Waals surface area contributed by atoms with E-state index in [0.717, 1.165) is 32.1 Å². The van der Waals surface area contributed by atoms with Crippen LogP contribution in [0, 0.1) is 5.92 Å². The lowest BCUT2D eigenvalue weighted by Crippen LogP contribution is -2.47. The molecule has 0 aromatic heterocycles. The predicted octanol–water partition coefficient (Wildman–Crippen LogP) is 6.41. The molecule has 0 saturated heterocycles. The highest BCUT2D eigenvalue weighted by Crippen LogP contribution is 2.43. The molecular formula is C26H29F3N2O. The van der Waals surface area contributed by atoms with Crippen molar-refractivity contribution in [1.82, 2.24) is 5.32 Å². The van der Waals surface area contributed by atoms with Crippen molar-refractivity contribution < 1.29 is 18.0 Å². The summed E-state index contributed by atoms with van der Waals surface area (Å²) in [6.45, 7) is 4.60. The van der Waals surface area contributed by atoms with E-state index in [2.05, 4.69) is 25.2 Å². The minimum absolute atomic E-state index is 0.0209. The van der Waals surface area contributed by atoms with Crippen molar-refractivity contribution >= 4 is 11.6 Å². The fraction of sp³-hybridized carbons (Fsp3) is 0.500. The zero-order valence-corrected chi connectivity index (χ0v) is 18.6. The molecule has 2 saturated carbocycles. The molecule has 170 valence electrons. The lowest BCUT2D eigenvalue weighted by Gasteiger charge is -2.39. The number of rotatable bonds is 5. The monoisotopic (exact) mass is 442 g/mol. The van der Waals surface area contributed by atoms with E-state index >= 15 is 0 Å². The summed E-state index contributed by atoms with van der Waals surface area (Å²) < 4.78 is 41.8. The highest BCUT2D eigenvalue weighted by molar-refractivity contribution is 6.10. The Hall–Kier alpha value is -2.34. The Bertz CT molecular complexity index is 1050. The Morgan fingerprint density at radius 3 is 2.53 bits per heavy atom. The van der Waals surface area contributed by atoms with Crippen LogP contribution in [0.1, 0.15) is 84.5 Å². The molecule has 2 aromatic rings. The molecule has 6 heteroatoms. The third-order valence-corrected chi connectivity index (χ3v) is 7.61. The number of hydrogen-bond acceptors (Lipinski definition) is 2. The molecule has 1 amide bonds. The van der Waals surface area contributed by atoms with Gasteiger partial charge in [-0.3, -0.25) is 4.79 Å². The van der Waals surface area contributed by atoms with Gasteiger partial charge >= 0.3 is 6.18 Å². The average molecular weight is 443 g/mol. The van der Waals surface area contributed by atoms with Crippen molar-refractivity contribution in [2.45, 2.75) is 76.7 Å². The number of hydrogen-bond donors (Lipinski definition) is 1. The summed E-state index contributed by atoms with van der Waals surface area (Å²) in [6, 6.07) is 10.6. The minimum atomic E-state index is -4.50. The third-order valence-electron chi connectivity index (χ3n) is 7.61. The summed E-state index contributed by atoms with van der Waals surface area (Å²) in [5, 5.41) is 3.38. The highest BCUT2D eigenvalue weighted by atomic mass is 19.4. The van der Waals surface area contributed by atoms with Crippen LogP contribution in [-0.2, 0) is 19.3 Å². The number of anilines is 1. The lowest BCUT2D eigenvalue weighted by molar-refractivity contribution is -0.138. The molecule has 0 radical (unpaired) electrons. The van der Waals surface area contributed by atoms with E-state index in [0.29, 0.717) is 29.6 Å². The second-order valence-corrected chi connectivity index (χ2v) is 10.2. The second kappa shape index (κ2) is 7.62. The Morgan fingerprint density at radius 2 is 1.91 bits per heavy atom. The maximum atomic E-state index is 13.9. The Kier molecular flexibility index (Phi) is 5.12. The van der Waals surface area contributed by atoms with Crippen LogP contribution >= 0.6 is 0 Å². The van der Waals surface area contributed by atoms with E-state index in [9.17, 15) is 18.0 Å². The summed E-state index contributed by atoms with van der Waals surface area (Å²) in [5.74, 6) is 0.826. The molecule has 1 N–H and O–H groups in total. The molecule has 3 nitrogen and oxygen atoms in total. The fourth-order valence-corrected chi connectivity index (χ4v) is 5.35. The number of nitrogens with zero attached hydrogens (tertiary/aromatic N) is 1. The molecule has 3 aliphatic rings. The third kappa shape index (κ3) is 3.83. The summed E-state index contributed by atoms with van der Waals surface area (Å²) in [5.41, 5.74) is 1.91. The van der Waals surface area contributed by atoms with Gasteiger partial charge in [0.2, 0.25) is 0 Å². The Labute approximate surface area is 187 Å². The first-order chi connectivity index (χ1) is 15.1. The van der Waals surface area contributed by atoms with Gasteiger partial charge in [0.05, 0.1) is 12.1 Å². The van der Waals surface area contributed by atoms with Gasteiger partial charge in [0, 0.05) is 23.3 Å².